The van der Waals surface area contributed by atoms with E-state index in [0.29, 0.717) is 6.61 Å². The van der Waals surface area contributed by atoms with Crippen LogP contribution in [0.1, 0.15) is 34.6 Å². The minimum Gasteiger partial charge on any atom is -0.371 e. The molecule has 78 valence electrons. The fourth-order valence-corrected chi connectivity index (χ4v) is 0.623. The molecule has 1 amide bonds. The zero-order valence-corrected chi connectivity index (χ0v) is 9.31. The van der Waals surface area contributed by atoms with Gasteiger partial charge in [0.1, 0.15) is 6.61 Å². The monoisotopic (exact) mass is 187 g/mol. The van der Waals surface area contributed by atoms with E-state index in [-0.39, 0.29) is 17.4 Å². The molecule has 0 spiro atoms. The van der Waals surface area contributed by atoms with Gasteiger partial charge in [0, 0.05) is 0 Å². The van der Waals surface area contributed by atoms with Crippen molar-refractivity contribution in [3.05, 3.63) is 0 Å². The molecule has 13 heavy (non-hydrogen) atoms. The standard InChI is InChI=1S/C10H21NO2/c1-9(2,3)10(4,5)7-13-6-8(11)12/h6-7H2,1-5H3,(H2,11,12). The van der Waals surface area contributed by atoms with Gasteiger partial charge >= 0.3 is 0 Å². The summed E-state index contributed by atoms with van der Waals surface area (Å²) in [5.74, 6) is -0.412. The average Bonchev–Trinajstić information content (AvgIpc) is 1.82. The van der Waals surface area contributed by atoms with E-state index in [1.54, 1.807) is 0 Å². The normalized spacial score (nSPS) is 13.0. The van der Waals surface area contributed by atoms with Gasteiger partial charge in [-0.3, -0.25) is 4.79 Å². The lowest BCUT2D eigenvalue weighted by atomic mass is 9.70. The minimum absolute atomic E-state index is 0.0134. The van der Waals surface area contributed by atoms with Crippen LogP contribution in [-0.2, 0) is 9.53 Å². The molecule has 3 heteroatoms. The summed E-state index contributed by atoms with van der Waals surface area (Å²) in [4.78, 5) is 10.4. The van der Waals surface area contributed by atoms with Crippen LogP contribution in [0, 0.1) is 10.8 Å². The Hall–Kier alpha value is -0.570. The Morgan fingerprint density at radius 2 is 1.69 bits per heavy atom. The quantitative estimate of drug-likeness (QED) is 0.726. The predicted octanol–water partition coefficient (Wildman–Crippen LogP) is 1.56. The maximum Gasteiger partial charge on any atom is 0.243 e. The molecule has 0 heterocycles. The molecule has 0 aliphatic heterocycles. The summed E-state index contributed by atoms with van der Waals surface area (Å²) in [5, 5.41) is 0. The van der Waals surface area contributed by atoms with Crippen molar-refractivity contribution in [1.82, 2.24) is 0 Å². The Kier molecular flexibility index (Phi) is 3.91. The highest BCUT2D eigenvalue weighted by molar-refractivity contribution is 5.74. The fourth-order valence-electron chi connectivity index (χ4n) is 0.623. The Morgan fingerprint density at radius 3 is 2.00 bits per heavy atom. The second-order valence-electron chi connectivity index (χ2n) is 5.09. The predicted molar refractivity (Wildman–Crippen MR) is 53.2 cm³/mol. The molecule has 0 bridgehead atoms. The summed E-state index contributed by atoms with van der Waals surface area (Å²) in [5.41, 5.74) is 5.17. The van der Waals surface area contributed by atoms with Crippen LogP contribution >= 0.6 is 0 Å². The summed E-state index contributed by atoms with van der Waals surface area (Å²) in [7, 11) is 0. The van der Waals surface area contributed by atoms with Gasteiger partial charge in [-0.1, -0.05) is 34.6 Å². The highest BCUT2D eigenvalue weighted by Crippen LogP contribution is 2.37. The van der Waals surface area contributed by atoms with Crippen molar-refractivity contribution in [2.24, 2.45) is 16.6 Å². The maximum atomic E-state index is 10.4. The molecular formula is C10H21NO2. The van der Waals surface area contributed by atoms with Gasteiger partial charge in [-0.05, 0) is 10.8 Å². The third-order valence-electron chi connectivity index (χ3n) is 2.74. The summed E-state index contributed by atoms with van der Waals surface area (Å²) >= 11 is 0. The third kappa shape index (κ3) is 4.27. The van der Waals surface area contributed by atoms with Gasteiger partial charge in [0.2, 0.25) is 5.91 Å². The van der Waals surface area contributed by atoms with Crippen molar-refractivity contribution in [1.29, 1.82) is 0 Å². The van der Waals surface area contributed by atoms with Crippen LogP contribution < -0.4 is 5.73 Å². The maximum absolute atomic E-state index is 10.4. The van der Waals surface area contributed by atoms with Crippen molar-refractivity contribution >= 4 is 5.91 Å². The summed E-state index contributed by atoms with van der Waals surface area (Å²) in [6.45, 7) is 11.3. The lowest BCUT2D eigenvalue weighted by Gasteiger charge is -2.38. The van der Waals surface area contributed by atoms with Crippen LogP contribution in [0.15, 0.2) is 0 Å². The molecule has 0 atom stereocenters. The van der Waals surface area contributed by atoms with Crippen molar-refractivity contribution in [3.63, 3.8) is 0 Å². The van der Waals surface area contributed by atoms with Gasteiger partial charge in [0.15, 0.2) is 0 Å². The van der Waals surface area contributed by atoms with E-state index in [0.717, 1.165) is 0 Å². The molecular weight excluding hydrogens is 166 g/mol. The van der Waals surface area contributed by atoms with Crippen LogP contribution in [0.5, 0.6) is 0 Å². The van der Waals surface area contributed by atoms with Gasteiger partial charge in [-0.15, -0.1) is 0 Å². The molecule has 0 aromatic carbocycles. The number of carbonyl (C=O) groups excluding carboxylic acids is 1. The topological polar surface area (TPSA) is 52.3 Å². The van der Waals surface area contributed by atoms with E-state index in [4.69, 9.17) is 10.5 Å². The number of ether oxygens (including phenoxy) is 1. The zero-order valence-electron chi connectivity index (χ0n) is 9.31. The molecule has 0 rings (SSSR count). The number of primary amides is 1. The van der Waals surface area contributed by atoms with Crippen molar-refractivity contribution in [2.45, 2.75) is 34.6 Å². The Morgan fingerprint density at radius 1 is 1.23 bits per heavy atom. The number of carbonyl (C=O) groups is 1. The van der Waals surface area contributed by atoms with E-state index < -0.39 is 5.91 Å². The highest BCUT2D eigenvalue weighted by atomic mass is 16.5. The molecule has 0 aliphatic rings. The van der Waals surface area contributed by atoms with Crippen LogP contribution in [0.2, 0.25) is 0 Å². The molecule has 0 aliphatic carbocycles. The largest absolute Gasteiger partial charge is 0.371 e. The number of rotatable bonds is 4. The van der Waals surface area contributed by atoms with Crippen LogP contribution in [-0.4, -0.2) is 19.1 Å². The number of hydrogen-bond acceptors (Lipinski definition) is 2. The summed E-state index contributed by atoms with van der Waals surface area (Å²) in [6, 6.07) is 0. The van der Waals surface area contributed by atoms with E-state index in [1.807, 2.05) is 0 Å². The van der Waals surface area contributed by atoms with Crippen LogP contribution in [0.3, 0.4) is 0 Å². The molecule has 2 N–H and O–H groups in total. The van der Waals surface area contributed by atoms with Gasteiger partial charge in [0.25, 0.3) is 0 Å². The van der Waals surface area contributed by atoms with Crippen LogP contribution in [0.4, 0.5) is 0 Å². The average molecular weight is 187 g/mol. The zero-order chi connectivity index (χ0) is 10.7. The number of hydrogen-bond donors (Lipinski definition) is 1. The third-order valence-corrected chi connectivity index (χ3v) is 2.74. The first-order valence-corrected chi connectivity index (χ1v) is 4.53. The second-order valence-corrected chi connectivity index (χ2v) is 5.09. The lowest BCUT2D eigenvalue weighted by Crippen LogP contribution is -2.35. The van der Waals surface area contributed by atoms with E-state index in [1.165, 1.54) is 0 Å². The number of nitrogens with two attached hydrogens (primary N) is 1. The molecule has 0 aromatic heterocycles. The van der Waals surface area contributed by atoms with E-state index >= 15 is 0 Å². The molecule has 0 unspecified atom stereocenters. The minimum atomic E-state index is -0.412. The highest BCUT2D eigenvalue weighted by Gasteiger charge is 2.32. The SMILES string of the molecule is CC(C)(C)C(C)(C)COCC(N)=O. The van der Waals surface area contributed by atoms with Gasteiger partial charge in [0.05, 0.1) is 6.61 Å². The Labute approximate surface area is 80.6 Å². The van der Waals surface area contributed by atoms with Crippen LogP contribution in [0.25, 0.3) is 0 Å². The second kappa shape index (κ2) is 4.09. The Bertz CT molecular complexity index is 180. The molecule has 3 nitrogen and oxygen atoms in total. The first kappa shape index (κ1) is 12.4. The first-order valence-electron chi connectivity index (χ1n) is 4.53. The molecule has 0 radical (unpaired) electrons. The van der Waals surface area contributed by atoms with Crippen molar-refractivity contribution < 1.29 is 9.53 Å². The smallest absolute Gasteiger partial charge is 0.243 e. The van der Waals surface area contributed by atoms with E-state index in [2.05, 4.69) is 34.6 Å². The van der Waals surface area contributed by atoms with Gasteiger partial charge in [-0.25, -0.2) is 0 Å². The van der Waals surface area contributed by atoms with Gasteiger partial charge < -0.3 is 10.5 Å². The molecule has 0 saturated carbocycles. The fraction of sp³-hybridized carbons (Fsp3) is 0.900. The molecule has 0 aromatic rings. The number of amides is 1. The first-order chi connectivity index (χ1) is 5.67. The summed E-state index contributed by atoms with van der Waals surface area (Å²) in [6.07, 6.45) is 0. The molecule has 0 saturated heterocycles. The summed E-state index contributed by atoms with van der Waals surface area (Å²) < 4.78 is 5.21. The van der Waals surface area contributed by atoms with E-state index in [9.17, 15) is 4.79 Å². The molecule has 0 fully saturated rings. The Balaban J connectivity index is 3.97. The van der Waals surface area contributed by atoms with Crippen molar-refractivity contribution in [3.8, 4) is 0 Å². The van der Waals surface area contributed by atoms with Crippen molar-refractivity contribution in [2.75, 3.05) is 13.2 Å². The lowest BCUT2D eigenvalue weighted by molar-refractivity contribution is -0.124. The van der Waals surface area contributed by atoms with Gasteiger partial charge in [-0.2, -0.15) is 0 Å².